The van der Waals surface area contributed by atoms with Crippen LogP contribution < -0.4 is 10.5 Å². The van der Waals surface area contributed by atoms with Crippen molar-refractivity contribution in [3.05, 3.63) is 28.8 Å². The molecule has 0 unspecified atom stereocenters. The van der Waals surface area contributed by atoms with Gasteiger partial charge in [0.2, 0.25) is 0 Å². The summed E-state index contributed by atoms with van der Waals surface area (Å²) in [5, 5.41) is 0.674. The van der Waals surface area contributed by atoms with E-state index in [-0.39, 0.29) is 5.54 Å². The van der Waals surface area contributed by atoms with Gasteiger partial charge in [-0.2, -0.15) is 0 Å². The first-order valence-corrected chi connectivity index (χ1v) is 6.65. The molecule has 0 aromatic heterocycles. The first-order chi connectivity index (χ1) is 8.09. The maximum atomic E-state index is 6.28. The molecule has 1 aromatic rings. The van der Waals surface area contributed by atoms with Gasteiger partial charge in [-0.3, -0.25) is 0 Å². The van der Waals surface area contributed by atoms with E-state index in [2.05, 4.69) is 0 Å². The van der Waals surface area contributed by atoms with Crippen LogP contribution >= 0.6 is 11.6 Å². The molecule has 1 aliphatic carbocycles. The average Bonchev–Trinajstić information content (AvgIpc) is 2.71. The Balaban J connectivity index is 1.87. The fourth-order valence-electron chi connectivity index (χ4n) is 2.41. The quantitative estimate of drug-likeness (QED) is 0.888. The monoisotopic (exact) mass is 253 g/mol. The third-order valence-corrected chi connectivity index (χ3v) is 3.86. The molecule has 0 aliphatic heterocycles. The van der Waals surface area contributed by atoms with Crippen LogP contribution in [-0.4, -0.2) is 12.1 Å². The summed E-state index contributed by atoms with van der Waals surface area (Å²) < 4.78 is 5.73. The van der Waals surface area contributed by atoms with E-state index in [4.69, 9.17) is 22.1 Å². The second-order valence-electron chi connectivity index (χ2n) is 5.10. The number of halogens is 1. The molecule has 94 valence electrons. The van der Waals surface area contributed by atoms with Crippen molar-refractivity contribution in [3.63, 3.8) is 0 Å². The van der Waals surface area contributed by atoms with Crippen LogP contribution in [0.15, 0.2) is 18.2 Å². The summed E-state index contributed by atoms with van der Waals surface area (Å²) in [5.41, 5.74) is 7.43. The van der Waals surface area contributed by atoms with Gasteiger partial charge < -0.3 is 10.5 Å². The Morgan fingerprint density at radius 2 is 2.06 bits per heavy atom. The topological polar surface area (TPSA) is 35.2 Å². The lowest BCUT2D eigenvalue weighted by molar-refractivity contribution is 0.258. The van der Waals surface area contributed by atoms with E-state index in [1.807, 2.05) is 25.1 Å². The van der Waals surface area contributed by atoms with Crippen LogP contribution in [0.25, 0.3) is 0 Å². The molecule has 0 spiro atoms. The van der Waals surface area contributed by atoms with E-state index in [1.165, 1.54) is 12.8 Å². The number of hydrogen-bond donors (Lipinski definition) is 1. The van der Waals surface area contributed by atoms with Crippen molar-refractivity contribution < 1.29 is 4.74 Å². The lowest BCUT2D eigenvalue weighted by Gasteiger charge is -2.23. The maximum Gasteiger partial charge on any atom is 0.138 e. The summed E-state index contributed by atoms with van der Waals surface area (Å²) in [4.78, 5) is 0. The van der Waals surface area contributed by atoms with Crippen molar-refractivity contribution in [2.24, 2.45) is 5.73 Å². The van der Waals surface area contributed by atoms with Gasteiger partial charge in [0.25, 0.3) is 0 Å². The molecule has 0 heterocycles. The van der Waals surface area contributed by atoms with Crippen molar-refractivity contribution in [2.45, 2.75) is 44.6 Å². The Labute approximate surface area is 108 Å². The molecule has 2 rings (SSSR count). The largest absolute Gasteiger partial charge is 0.492 e. The van der Waals surface area contributed by atoms with Gasteiger partial charge in [-0.25, -0.2) is 0 Å². The Morgan fingerprint density at radius 3 is 2.76 bits per heavy atom. The van der Waals surface area contributed by atoms with Gasteiger partial charge >= 0.3 is 0 Å². The number of nitrogens with two attached hydrogens (primary N) is 1. The van der Waals surface area contributed by atoms with Crippen LogP contribution in [0.2, 0.25) is 5.02 Å². The molecular formula is C14H20ClNO. The zero-order valence-corrected chi connectivity index (χ0v) is 11.1. The van der Waals surface area contributed by atoms with Crippen LogP contribution in [0.5, 0.6) is 5.75 Å². The summed E-state index contributed by atoms with van der Waals surface area (Å²) >= 11 is 6.07. The minimum atomic E-state index is -0.00367. The molecule has 1 fully saturated rings. The molecule has 2 N–H and O–H groups in total. The van der Waals surface area contributed by atoms with Crippen LogP contribution in [0, 0.1) is 6.92 Å². The van der Waals surface area contributed by atoms with Gasteiger partial charge in [0.05, 0.1) is 11.6 Å². The SMILES string of the molecule is Cc1ccc(Cl)c(OCCC2(N)CCCC2)c1. The Bertz CT molecular complexity index is 386. The van der Waals surface area contributed by atoms with Crippen molar-refractivity contribution in [1.29, 1.82) is 0 Å². The fourth-order valence-corrected chi connectivity index (χ4v) is 2.59. The van der Waals surface area contributed by atoms with Crippen molar-refractivity contribution in [1.82, 2.24) is 0 Å². The second-order valence-corrected chi connectivity index (χ2v) is 5.51. The van der Waals surface area contributed by atoms with Gasteiger partial charge in [-0.1, -0.05) is 30.5 Å². The average molecular weight is 254 g/mol. The van der Waals surface area contributed by atoms with Crippen LogP contribution in [0.4, 0.5) is 0 Å². The summed E-state index contributed by atoms with van der Waals surface area (Å²) in [7, 11) is 0. The highest BCUT2D eigenvalue weighted by Gasteiger charge is 2.28. The van der Waals surface area contributed by atoms with Crippen molar-refractivity contribution in [2.75, 3.05) is 6.61 Å². The Kier molecular flexibility index (Phi) is 3.95. The number of benzene rings is 1. The lowest BCUT2D eigenvalue weighted by atomic mass is 9.95. The van der Waals surface area contributed by atoms with Gasteiger partial charge in [0.15, 0.2) is 0 Å². The van der Waals surface area contributed by atoms with E-state index in [0.29, 0.717) is 11.6 Å². The standard InChI is InChI=1S/C14H20ClNO/c1-11-4-5-12(15)13(10-11)17-9-8-14(16)6-2-3-7-14/h4-5,10H,2-3,6-9,16H2,1H3. The van der Waals surface area contributed by atoms with Gasteiger partial charge in [0.1, 0.15) is 5.75 Å². The first kappa shape index (κ1) is 12.7. The summed E-state index contributed by atoms with van der Waals surface area (Å²) in [6, 6.07) is 5.83. The normalized spacial score (nSPS) is 18.3. The first-order valence-electron chi connectivity index (χ1n) is 6.27. The summed E-state index contributed by atoms with van der Waals surface area (Å²) in [6.45, 7) is 2.68. The Morgan fingerprint density at radius 1 is 1.35 bits per heavy atom. The van der Waals surface area contributed by atoms with E-state index in [1.54, 1.807) is 0 Å². The van der Waals surface area contributed by atoms with Gasteiger partial charge in [-0.05, 0) is 43.9 Å². The van der Waals surface area contributed by atoms with E-state index >= 15 is 0 Å². The molecule has 1 aliphatic rings. The molecule has 0 saturated heterocycles. The molecule has 1 aromatic carbocycles. The number of hydrogen-bond acceptors (Lipinski definition) is 2. The molecule has 3 heteroatoms. The van der Waals surface area contributed by atoms with Crippen molar-refractivity contribution >= 4 is 11.6 Å². The fraction of sp³-hybridized carbons (Fsp3) is 0.571. The van der Waals surface area contributed by atoms with Crippen molar-refractivity contribution in [3.8, 4) is 5.75 Å². The second kappa shape index (κ2) is 5.28. The lowest BCUT2D eigenvalue weighted by Crippen LogP contribution is -2.37. The zero-order valence-electron chi connectivity index (χ0n) is 10.3. The van der Waals surface area contributed by atoms with Crippen LogP contribution in [0.1, 0.15) is 37.7 Å². The van der Waals surface area contributed by atoms with Gasteiger partial charge in [0, 0.05) is 5.54 Å². The van der Waals surface area contributed by atoms with Gasteiger partial charge in [-0.15, -0.1) is 0 Å². The Hall–Kier alpha value is -0.730. The third kappa shape index (κ3) is 3.36. The highest BCUT2D eigenvalue weighted by atomic mass is 35.5. The number of aryl methyl sites for hydroxylation is 1. The van der Waals surface area contributed by atoms with E-state index in [9.17, 15) is 0 Å². The third-order valence-electron chi connectivity index (χ3n) is 3.54. The molecule has 0 atom stereocenters. The maximum absolute atomic E-state index is 6.28. The van der Waals surface area contributed by atoms with Crippen LogP contribution in [-0.2, 0) is 0 Å². The minimum Gasteiger partial charge on any atom is -0.492 e. The molecular weight excluding hydrogens is 234 g/mol. The smallest absolute Gasteiger partial charge is 0.138 e. The number of rotatable bonds is 4. The zero-order chi connectivity index (χ0) is 12.3. The molecule has 0 radical (unpaired) electrons. The number of ether oxygens (including phenoxy) is 1. The molecule has 2 nitrogen and oxygen atoms in total. The molecule has 0 bridgehead atoms. The minimum absolute atomic E-state index is 0.00367. The predicted octanol–water partition coefficient (Wildman–Crippen LogP) is 3.69. The molecule has 17 heavy (non-hydrogen) atoms. The summed E-state index contributed by atoms with van der Waals surface area (Å²) in [5.74, 6) is 0.772. The van der Waals surface area contributed by atoms with E-state index < -0.39 is 0 Å². The van der Waals surface area contributed by atoms with E-state index in [0.717, 1.165) is 30.6 Å². The highest BCUT2D eigenvalue weighted by molar-refractivity contribution is 6.32. The van der Waals surface area contributed by atoms with Crippen LogP contribution in [0.3, 0.4) is 0 Å². The molecule has 1 saturated carbocycles. The molecule has 0 amide bonds. The predicted molar refractivity (Wildman–Crippen MR) is 71.7 cm³/mol. The highest BCUT2D eigenvalue weighted by Crippen LogP contribution is 2.31. The summed E-state index contributed by atoms with van der Waals surface area (Å²) in [6.07, 6.45) is 5.66.